The van der Waals surface area contributed by atoms with Crippen molar-refractivity contribution >= 4 is 47.0 Å². The number of thiazole rings is 1. The molecule has 0 unspecified atom stereocenters. The summed E-state index contributed by atoms with van der Waals surface area (Å²) in [5.74, 6) is 1.61. The second kappa shape index (κ2) is 11.3. The van der Waals surface area contributed by atoms with E-state index >= 15 is 0 Å². The lowest BCUT2D eigenvalue weighted by atomic mass is 10.2. The third-order valence-corrected chi connectivity index (χ3v) is 4.12. The molecule has 0 fully saturated rings. The summed E-state index contributed by atoms with van der Waals surface area (Å²) in [5, 5.41) is 7.41. The number of ether oxygens (including phenoxy) is 2. The summed E-state index contributed by atoms with van der Waals surface area (Å²) in [6, 6.07) is 5.31. The van der Waals surface area contributed by atoms with Gasteiger partial charge in [-0.3, -0.25) is 0 Å². The highest BCUT2D eigenvalue weighted by molar-refractivity contribution is 14.0. The van der Waals surface area contributed by atoms with Crippen molar-refractivity contribution < 1.29 is 22.6 Å². The van der Waals surface area contributed by atoms with Gasteiger partial charge in [0.15, 0.2) is 23.2 Å². The predicted molar refractivity (Wildman–Crippen MR) is 115 cm³/mol. The number of halogens is 4. The van der Waals surface area contributed by atoms with E-state index in [2.05, 4.69) is 20.6 Å². The Balaban J connectivity index is 0.00000392. The molecule has 0 bridgehead atoms. The zero-order valence-corrected chi connectivity index (χ0v) is 18.7. The van der Waals surface area contributed by atoms with Crippen molar-refractivity contribution in [1.82, 2.24) is 10.3 Å². The van der Waals surface area contributed by atoms with Crippen LogP contribution < -0.4 is 20.1 Å². The van der Waals surface area contributed by atoms with E-state index in [1.807, 2.05) is 13.8 Å². The lowest BCUT2D eigenvalue weighted by Gasteiger charge is -2.14. The van der Waals surface area contributed by atoms with Crippen molar-refractivity contribution in [2.45, 2.75) is 26.6 Å². The standard InChI is InChI=1S/C17H21F3N4O2S.HI/c1-4-21-16(22-9-15-24-14(10-27-15)17(18,19)20)23-11-6-7-12(25-3)13(8-11)26-5-2;/h6-8,10H,4-5,9H2,1-3H3,(H2,21,22,23);1H. The van der Waals surface area contributed by atoms with Crippen LogP contribution in [-0.4, -0.2) is 31.2 Å². The first-order valence-corrected chi connectivity index (χ1v) is 9.13. The smallest absolute Gasteiger partial charge is 0.434 e. The molecule has 0 aliphatic heterocycles. The number of guanidine groups is 1. The molecule has 0 amide bonds. The molecule has 2 N–H and O–H groups in total. The van der Waals surface area contributed by atoms with Crippen LogP contribution in [0, 0.1) is 0 Å². The molecule has 28 heavy (non-hydrogen) atoms. The highest BCUT2D eigenvalue weighted by atomic mass is 127. The number of aromatic nitrogens is 1. The molecule has 1 aromatic heterocycles. The summed E-state index contributed by atoms with van der Waals surface area (Å²) in [4.78, 5) is 7.87. The van der Waals surface area contributed by atoms with Gasteiger partial charge in [-0.15, -0.1) is 35.3 Å². The Morgan fingerprint density at radius 1 is 1.25 bits per heavy atom. The Morgan fingerprint density at radius 3 is 2.57 bits per heavy atom. The van der Waals surface area contributed by atoms with Crippen molar-refractivity contribution in [3.8, 4) is 11.5 Å². The molecule has 11 heteroatoms. The monoisotopic (exact) mass is 530 g/mol. The van der Waals surface area contributed by atoms with Gasteiger partial charge in [-0.1, -0.05) is 0 Å². The van der Waals surface area contributed by atoms with Crippen LogP contribution in [0.4, 0.5) is 18.9 Å². The molecular weight excluding hydrogens is 508 g/mol. The average molecular weight is 530 g/mol. The van der Waals surface area contributed by atoms with Gasteiger partial charge in [-0.25, -0.2) is 9.98 Å². The van der Waals surface area contributed by atoms with E-state index in [-0.39, 0.29) is 35.5 Å². The molecule has 2 aromatic rings. The molecule has 156 valence electrons. The number of nitrogens with one attached hydrogen (secondary N) is 2. The number of nitrogens with zero attached hydrogens (tertiary/aromatic N) is 2. The van der Waals surface area contributed by atoms with Crippen molar-refractivity contribution in [3.63, 3.8) is 0 Å². The maximum atomic E-state index is 12.6. The Morgan fingerprint density at radius 2 is 2.00 bits per heavy atom. The summed E-state index contributed by atoms with van der Waals surface area (Å²) in [6.45, 7) is 4.87. The normalized spacial score (nSPS) is 11.6. The lowest BCUT2D eigenvalue weighted by molar-refractivity contribution is -0.140. The fraction of sp³-hybridized carbons (Fsp3) is 0.412. The molecule has 0 spiro atoms. The van der Waals surface area contributed by atoms with E-state index in [0.717, 1.165) is 16.7 Å². The van der Waals surface area contributed by atoms with Gasteiger partial charge in [-0.2, -0.15) is 13.2 Å². The van der Waals surface area contributed by atoms with Gasteiger partial charge in [0.25, 0.3) is 0 Å². The van der Waals surface area contributed by atoms with E-state index in [9.17, 15) is 13.2 Å². The summed E-state index contributed by atoms with van der Waals surface area (Å²) >= 11 is 0.926. The molecule has 0 radical (unpaired) electrons. The van der Waals surface area contributed by atoms with Crippen LogP contribution >= 0.6 is 35.3 Å². The first kappa shape index (κ1) is 24.3. The molecular formula is C17H22F3IN4O2S. The average Bonchev–Trinajstić information content (AvgIpc) is 3.10. The number of benzene rings is 1. The van der Waals surface area contributed by atoms with Crippen LogP contribution in [0.2, 0.25) is 0 Å². The second-order valence-electron chi connectivity index (χ2n) is 5.24. The van der Waals surface area contributed by atoms with E-state index in [4.69, 9.17) is 9.47 Å². The van der Waals surface area contributed by atoms with Crippen molar-refractivity contribution in [3.05, 3.63) is 34.3 Å². The molecule has 0 aliphatic rings. The minimum Gasteiger partial charge on any atom is -0.493 e. The molecule has 0 atom stereocenters. The highest BCUT2D eigenvalue weighted by Gasteiger charge is 2.33. The number of aliphatic imine (C=N–C) groups is 1. The Kier molecular flexibility index (Phi) is 9.79. The van der Waals surface area contributed by atoms with Crippen molar-refractivity contribution in [2.24, 2.45) is 4.99 Å². The highest BCUT2D eigenvalue weighted by Crippen LogP contribution is 2.31. The number of methoxy groups -OCH3 is 1. The maximum absolute atomic E-state index is 12.6. The van der Waals surface area contributed by atoms with Crippen LogP contribution in [0.5, 0.6) is 11.5 Å². The summed E-state index contributed by atoms with van der Waals surface area (Å²) in [6.07, 6.45) is -4.44. The van der Waals surface area contributed by atoms with Gasteiger partial charge in [0.2, 0.25) is 0 Å². The fourth-order valence-electron chi connectivity index (χ4n) is 2.13. The largest absolute Gasteiger partial charge is 0.493 e. The predicted octanol–water partition coefficient (Wildman–Crippen LogP) is 4.76. The first-order chi connectivity index (χ1) is 12.9. The minimum absolute atomic E-state index is 0. The van der Waals surface area contributed by atoms with E-state index in [1.165, 1.54) is 0 Å². The van der Waals surface area contributed by atoms with Crippen LogP contribution in [0.15, 0.2) is 28.6 Å². The maximum Gasteiger partial charge on any atom is 0.434 e. The number of rotatable bonds is 7. The number of alkyl halides is 3. The molecule has 2 rings (SSSR count). The number of anilines is 1. The zero-order chi connectivity index (χ0) is 19.9. The van der Waals surface area contributed by atoms with Gasteiger partial charge in [0.05, 0.1) is 20.3 Å². The zero-order valence-electron chi connectivity index (χ0n) is 15.6. The Hall–Kier alpha value is -1.76. The van der Waals surface area contributed by atoms with Crippen LogP contribution in [0.1, 0.15) is 24.5 Å². The SMILES string of the molecule is CCNC(=NCc1nc(C(F)(F)F)cs1)Nc1ccc(OC)c(OCC)c1.I. The number of hydrogen-bond donors (Lipinski definition) is 2. The minimum atomic E-state index is -4.44. The summed E-state index contributed by atoms with van der Waals surface area (Å²) < 4.78 is 48.7. The van der Waals surface area contributed by atoms with E-state index in [1.54, 1.807) is 25.3 Å². The van der Waals surface area contributed by atoms with Crippen molar-refractivity contribution in [2.75, 3.05) is 25.6 Å². The van der Waals surface area contributed by atoms with E-state index in [0.29, 0.717) is 36.3 Å². The van der Waals surface area contributed by atoms with Crippen LogP contribution in [-0.2, 0) is 12.7 Å². The second-order valence-corrected chi connectivity index (χ2v) is 6.19. The molecule has 1 aromatic carbocycles. The van der Waals surface area contributed by atoms with Gasteiger partial charge >= 0.3 is 6.18 Å². The molecule has 0 saturated carbocycles. The Labute approximate surface area is 182 Å². The third kappa shape index (κ3) is 7.00. The Bertz CT molecular complexity index is 784. The fourth-order valence-corrected chi connectivity index (χ4v) is 2.85. The molecule has 0 saturated heterocycles. The number of hydrogen-bond acceptors (Lipinski definition) is 5. The first-order valence-electron chi connectivity index (χ1n) is 8.25. The van der Waals surface area contributed by atoms with Crippen LogP contribution in [0.3, 0.4) is 0 Å². The van der Waals surface area contributed by atoms with Gasteiger partial charge in [-0.05, 0) is 26.0 Å². The summed E-state index contributed by atoms with van der Waals surface area (Å²) in [5.41, 5.74) is -0.193. The van der Waals surface area contributed by atoms with Crippen molar-refractivity contribution in [1.29, 1.82) is 0 Å². The van der Waals surface area contributed by atoms with Gasteiger partial charge in [0.1, 0.15) is 5.01 Å². The quantitative estimate of drug-likeness (QED) is 0.307. The molecule has 0 aliphatic carbocycles. The van der Waals surface area contributed by atoms with E-state index < -0.39 is 11.9 Å². The molecule has 6 nitrogen and oxygen atoms in total. The van der Waals surface area contributed by atoms with Crippen LogP contribution in [0.25, 0.3) is 0 Å². The lowest BCUT2D eigenvalue weighted by Crippen LogP contribution is -2.30. The third-order valence-electron chi connectivity index (χ3n) is 3.29. The molecule has 1 heterocycles. The van der Waals surface area contributed by atoms with Gasteiger partial charge in [0, 0.05) is 23.7 Å². The summed E-state index contributed by atoms with van der Waals surface area (Å²) in [7, 11) is 1.56. The van der Waals surface area contributed by atoms with Gasteiger partial charge < -0.3 is 20.1 Å². The topological polar surface area (TPSA) is 67.8 Å².